The maximum Gasteiger partial charge on any atom is 0.255 e. The molecule has 6 rings (SSSR count). The molecule has 0 atom stereocenters. The number of rotatable bonds is 5. The molecule has 11 heteroatoms. The van der Waals surface area contributed by atoms with Crippen LogP contribution >= 0.6 is 0 Å². The third kappa shape index (κ3) is 4.36. The van der Waals surface area contributed by atoms with E-state index in [0.717, 1.165) is 56.6 Å². The van der Waals surface area contributed by atoms with Gasteiger partial charge >= 0.3 is 0 Å². The Hall–Kier alpha value is -3.99. The Kier molecular flexibility index (Phi) is 6.02. The number of halogens is 1. The lowest BCUT2D eigenvalue weighted by atomic mass is 9.72. The first-order chi connectivity index (χ1) is 18.3. The number of hydrogen-bond donors (Lipinski definition) is 2. The maximum atomic E-state index is 14.8. The van der Waals surface area contributed by atoms with Crippen molar-refractivity contribution in [1.82, 2.24) is 39.7 Å². The third-order valence-corrected chi connectivity index (χ3v) is 7.51. The van der Waals surface area contributed by atoms with Gasteiger partial charge in [0.15, 0.2) is 11.5 Å². The molecule has 2 aliphatic heterocycles. The highest BCUT2D eigenvalue weighted by Gasteiger charge is 2.45. The lowest BCUT2D eigenvalue weighted by Gasteiger charge is -2.52. The number of anilines is 2. The molecule has 38 heavy (non-hydrogen) atoms. The van der Waals surface area contributed by atoms with Crippen molar-refractivity contribution in [2.24, 2.45) is 5.41 Å². The van der Waals surface area contributed by atoms with E-state index in [1.807, 2.05) is 17.9 Å². The van der Waals surface area contributed by atoms with Crippen molar-refractivity contribution >= 4 is 28.8 Å². The lowest BCUT2D eigenvalue weighted by molar-refractivity contribution is -0.0113. The van der Waals surface area contributed by atoms with E-state index >= 15 is 0 Å². The zero-order valence-corrected chi connectivity index (χ0v) is 21.7. The first kappa shape index (κ1) is 24.4. The molecule has 196 valence electrons. The first-order valence-corrected chi connectivity index (χ1v) is 12.9. The third-order valence-electron chi connectivity index (χ3n) is 7.51. The number of fused-ring (bicyclic) bond motifs is 1. The van der Waals surface area contributed by atoms with Crippen molar-refractivity contribution in [2.45, 2.75) is 39.7 Å². The monoisotopic (exact) mass is 515 g/mol. The van der Waals surface area contributed by atoms with Gasteiger partial charge in [-0.2, -0.15) is 0 Å². The fourth-order valence-electron chi connectivity index (χ4n) is 5.57. The molecule has 2 aliphatic rings. The topological polar surface area (TPSA) is 114 Å². The Balaban J connectivity index is 1.18. The largest absolute Gasteiger partial charge is 0.337 e. The zero-order valence-electron chi connectivity index (χ0n) is 21.7. The van der Waals surface area contributed by atoms with Gasteiger partial charge in [0.05, 0.1) is 17.3 Å². The summed E-state index contributed by atoms with van der Waals surface area (Å²) in [5, 5.41) is 6.39. The first-order valence-electron chi connectivity index (χ1n) is 12.9. The second-order valence-corrected chi connectivity index (χ2v) is 10.5. The van der Waals surface area contributed by atoms with Gasteiger partial charge in [-0.1, -0.05) is 0 Å². The van der Waals surface area contributed by atoms with Gasteiger partial charge in [0.2, 0.25) is 5.95 Å². The molecule has 2 N–H and O–H groups in total. The average Bonchev–Trinajstić information content (AvgIpc) is 3.24. The molecule has 10 nitrogen and oxygen atoms in total. The number of likely N-dealkylation sites (tertiary alicyclic amines) is 1. The highest BCUT2D eigenvalue weighted by Crippen LogP contribution is 2.39. The molecular formula is C27H30FN9O. The van der Waals surface area contributed by atoms with Crippen molar-refractivity contribution in [3.8, 4) is 11.3 Å². The van der Waals surface area contributed by atoms with Crippen LogP contribution in [0.1, 0.15) is 48.9 Å². The standard InChI is InChI=1S/C27H30FN9O/c1-16(2)37-17(3)33-24-21(37)10-19(12-31-24)23-20(28)13-32-26(35-23)34-22-5-4-18(11-30-22)25(38)36-14-27(15-36)6-8-29-9-7-27/h4-5,10-13,16,29H,6-9,14-15H2,1-3H3,(H,30,32,34,35). The van der Waals surface area contributed by atoms with E-state index in [1.165, 1.54) is 0 Å². The van der Waals surface area contributed by atoms with Gasteiger partial charge in [0.25, 0.3) is 5.91 Å². The summed E-state index contributed by atoms with van der Waals surface area (Å²) in [6.45, 7) is 9.70. The predicted molar refractivity (Wildman–Crippen MR) is 142 cm³/mol. The SMILES string of the molecule is Cc1nc2ncc(-c3nc(Nc4ccc(C(=O)N5CC6(CCNCC6)C5)cn4)ncc3F)cc2n1C(C)C. The van der Waals surface area contributed by atoms with Crippen molar-refractivity contribution in [1.29, 1.82) is 0 Å². The molecule has 1 amide bonds. The minimum absolute atomic E-state index is 0.00714. The van der Waals surface area contributed by atoms with Gasteiger partial charge in [0, 0.05) is 42.5 Å². The molecule has 0 radical (unpaired) electrons. The Morgan fingerprint density at radius 2 is 1.87 bits per heavy atom. The summed E-state index contributed by atoms with van der Waals surface area (Å²) in [6.07, 6.45) is 6.47. The van der Waals surface area contributed by atoms with Crippen molar-refractivity contribution in [3.05, 3.63) is 54.0 Å². The van der Waals surface area contributed by atoms with Crippen LogP contribution < -0.4 is 10.6 Å². The number of imidazole rings is 1. The second kappa shape index (κ2) is 9.39. The van der Waals surface area contributed by atoms with Crippen LogP contribution in [0.25, 0.3) is 22.4 Å². The molecular weight excluding hydrogens is 485 g/mol. The van der Waals surface area contributed by atoms with E-state index in [2.05, 4.69) is 54.0 Å². The number of aryl methyl sites for hydroxylation is 1. The van der Waals surface area contributed by atoms with Crippen molar-refractivity contribution in [3.63, 3.8) is 0 Å². The molecule has 0 aliphatic carbocycles. The lowest BCUT2D eigenvalue weighted by Crippen LogP contribution is -2.61. The van der Waals surface area contributed by atoms with Crippen LogP contribution in [0.15, 0.2) is 36.8 Å². The number of nitrogens with one attached hydrogen (secondary N) is 2. The summed E-state index contributed by atoms with van der Waals surface area (Å²) in [7, 11) is 0. The fraction of sp³-hybridized carbons (Fsp3) is 0.407. The number of aromatic nitrogens is 6. The summed E-state index contributed by atoms with van der Waals surface area (Å²) in [5.41, 5.74) is 2.89. The van der Waals surface area contributed by atoms with Gasteiger partial charge in [-0.05, 0) is 64.9 Å². The number of carbonyl (C=O) groups is 1. The van der Waals surface area contributed by atoms with Gasteiger partial charge in [0.1, 0.15) is 17.3 Å². The molecule has 4 aromatic rings. The van der Waals surface area contributed by atoms with E-state index in [9.17, 15) is 9.18 Å². The normalized spacial score (nSPS) is 16.7. The zero-order chi connectivity index (χ0) is 26.4. The molecule has 0 bridgehead atoms. The summed E-state index contributed by atoms with van der Waals surface area (Å²) >= 11 is 0. The van der Waals surface area contributed by atoms with Gasteiger partial charge in [-0.3, -0.25) is 4.79 Å². The van der Waals surface area contributed by atoms with E-state index in [1.54, 1.807) is 24.5 Å². The minimum Gasteiger partial charge on any atom is -0.337 e. The molecule has 1 spiro atoms. The van der Waals surface area contributed by atoms with Gasteiger partial charge < -0.3 is 20.1 Å². The van der Waals surface area contributed by atoms with Crippen molar-refractivity contribution in [2.75, 3.05) is 31.5 Å². The summed E-state index contributed by atoms with van der Waals surface area (Å²) in [4.78, 5) is 36.6. The van der Waals surface area contributed by atoms with Crippen LogP contribution in [-0.2, 0) is 0 Å². The quantitative estimate of drug-likeness (QED) is 0.412. The smallest absolute Gasteiger partial charge is 0.255 e. The van der Waals surface area contributed by atoms with E-state index in [0.29, 0.717) is 22.6 Å². The average molecular weight is 516 g/mol. The van der Waals surface area contributed by atoms with Crippen LogP contribution in [0.2, 0.25) is 0 Å². The Bertz CT molecular complexity index is 1500. The molecule has 0 saturated carbocycles. The molecule has 2 fully saturated rings. The van der Waals surface area contributed by atoms with Crippen LogP contribution in [0.4, 0.5) is 16.2 Å². The van der Waals surface area contributed by atoms with Crippen molar-refractivity contribution < 1.29 is 9.18 Å². The molecule has 0 aromatic carbocycles. The van der Waals surface area contributed by atoms with Crippen LogP contribution in [-0.4, -0.2) is 66.5 Å². The highest BCUT2D eigenvalue weighted by molar-refractivity contribution is 5.94. The Labute approximate surface area is 219 Å². The summed E-state index contributed by atoms with van der Waals surface area (Å²) in [5.74, 6) is 0.932. The van der Waals surface area contributed by atoms with Gasteiger partial charge in [-0.25, -0.2) is 29.3 Å². The van der Waals surface area contributed by atoms with E-state index < -0.39 is 5.82 Å². The van der Waals surface area contributed by atoms with Gasteiger partial charge in [-0.15, -0.1) is 0 Å². The Morgan fingerprint density at radius 3 is 2.58 bits per heavy atom. The number of nitrogens with zero attached hydrogens (tertiary/aromatic N) is 7. The molecule has 0 unspecified atom stereocenters. The fourth-order valence-corrected chi connectivity index (χ4v) is 5.57. The highest BCUT2D eigenvalue weighted by atomic mass is 19.1. The van der Waals surface area contributed by atoms with E-state index in [4.69, 9.17) is 0 Å². The Morgan fingerprint density at radius 1 is 1.08 bits per heavy atom. The molecule has 6 heterocycles. The molecule has 2 saturated heterocycles. The van der Waals surface area contributed by atoms with Crippen LogP contribution in [0.3, 0.4) is 0 Å². The maximum absolute atomic E-state index is 14.8. The second-order valence-electron chi connectivity index (χ2n) is 10.5. The van der Waals surface area contributed by atoms with Crippen LogP contribution in [0, 0.1) is 18.2 Å². The summed E-state index contributed by atoms with van der Waals surface area (Å²) in [6, 6.07) is 5.47. The molecule has 4 aromatic heterocycles. The number of amides is 1. The number of hydrogen-bond acceptors (Lipinski definition) is 8. The van der Waals surface area contributed by atoms with Crippen LogP contribution in [0.5, 0.6) is 0 Å². The number of piperidine rings is 1. The number of pyridine rings is 2. The number of carbonyl (C=O) groups excluding carboxylic acids is 1. The summed E-state index contributed by atoms with van der Waals surface area (Å²) < 4.78 is 16.8. The van der Waals surface area contributed by atoms with E-state index in [-0.39, 0.29) is 29.0 Å². The minimum atomic E-state index is -0.556. The predicted octanol–water partition coefficient (Wildman–Crippen LogP) is 3.88.